The van der Waals surface area contributed by atoms with Crippen molar-refractivity contribution in [1.29, 1.82) is 0 Å². The third-order valence-electron chi connectivity index (χ3n) is 7.20. The maximum Gasteiger partial charge on any atom is 0.264 e. The van der Waals surface area contributed by atoms with Gasteiger partial charge in [0.1, 0.15) is 18.3 Å². The van der Waals surface area contributed by atoms with Crippen molar-refractivity contribution in [2.24, 2.45) is 0 Å². The van der Waals surface area contributed by atoms with Crippen molar-refractivity contribution >= 4 is 50.7 Å². The molecule has 0 aliphatic heterocycles. The van der Waals surface area contributed by atoms with E-state index in [1.54, 1.807) is 55.5 Å². The molecule has 242 valence electrons. The Morgan fingerprint density at radius 1 is 0.804 bits per heavy atom. The fourth-order valence-electron chi connectivity index (χ4n) is 4.89. The van der Waals surface area contributed by atoms with E-state index in [1.165, 1.54) is 29.2 Å². The van der Waals surface area contributed by atoms with Gasteiger partial charge in [0.05, 0.1) is 17.2 Å². The second-order valence-corrected chi connectivity index (χ2v) is 13.2. The summed E-state index contributed by atoms with van der Waals surface area (Å²) in [5.74, 6) is -0.623. The summed E-state index contributed by atoms with van der Waals surface area (Å²) in [5.41, 5.74) is 1.76. The number of para-hydroxylation sites is 2. The molecule has 4 aromatic carbocycles. The molecule has 4 rings (SSSR count). The Morgan fingerprint density at radius 2 is 1.41 bits per heavy atom. The lowest BCUT2D eigenvalue weighted by molar-refractivity contribution is -0.140. The van der Waals surface area contributed by atoms with E-state index < -0.39 is 28.5 Å². The molecule has 0 aromatic heterocycles. The van der Waals surface area contributed by atoms with Crippen LogP contribution in [0.25, 0.3) is 0 Å². The quantitative estimate of drug-likeness (QED) is 0.150. The second kappa shape index (κ2) is 16.5. The van der Waals surface area contributed by atoms with E-state index in [-0.39, 0.29) is 36.1 Å². The van der Waals surface area contributed by atoms with Gasteiger partial charge in [-0.05, 0) is 73.0 Å². The molecule has 1 unspecified atom stereocenters. The van der Waals surface area contributed by atoms with Crippen LogP contribution in [0.2, 0.25) is 10.0 Å². The summed E-state index contributed by atoms with van der Waals surface area (Å²) in [4.78, 5) is 29.7. The van der Waals surface area contributed by atoms with Gasteiger partial charge < -0.3 is 15.0 Å². The van der Waals surface area contributed by atoms with Gasteiger partial charge in [0.15, 0.2) is 0 Å². The van der Waals surface area contributed by atoms with Crippen LogP contribution in [-0.2, 0) is 32.6 Å². The van der Waals surface area contributed by atoms with Crippen LogP contribution in [0.1, 0.15) is 31.4 Å². The number of benzene rings is 4. The van der Waals surface area contributed by atoms with Gasteiger partial charge >= 0.3 is 0 Å². The van der Waals surface area contributed by atoms with Crippen LogP contribution in [-0.4, -0.2) is 50.9 Å². The fourth-order valence-corrected chi connectivity index (χ4v) is 6.57. The molecule has 8 nitrogen and oxygen atoms in total. The Balaban J connectivity index is 1.82. The summed E-state index contributed by atoms with van der Waals surface area (Å²) < 4.78 is 35.3. The Morgan fingerprint density at radius 3 is 2.04 bits per heavy atom. The predicted octanol–water partition coefficient (Wildman–Crippen LogP) is 6.75. The Labute approximate surface area is 280 Å². The van der Waals surface area contributed by atoms with Crippen LogP contribution in [0.3, 0.4) is 0 Å². The molecule has 0 fully saturated rings. The van der Waals surface area contributed by atoms with E-state index in [4.69, 9.17) is 27.9 Å². The number of rotatable bonds is 15. The Bertz CT molecular complexity index is 1700. The maximum atomic E-state index is 14.6. The minimum atomic E-state index is -4.31. The van der Waals surface area contributed by atoms with Gasteiger partial charge in [-0.15, -0.1) is 0 Å². The van der Waals surface area contributed by atoms with Crippen molar-refractivity contribution < 1.29 is 22.7 Å². The first kappa shape index (κ1) is 34.8. The summed E-state index contributed by atoms with van der Waals surface area (Å²) in [6.07, 6.45) is 0.922. The van der Waals surface area contributed by atoms with Crippen molar-refractivity contribution in [3.8, 4) is 5.75 Å². The van der Waals surface area contributed by atoms with Crippen LogP contribution in [0.4, 0.5) is 5.69 Å². The molecule has 0 saturated heterocycles. The lowest BCUT2D eigenvalue weighted by Gasteiger charge is -2.34. The number of carbonyl (C=O) groups excluding carboxylic acids is 2. The molecule has 0 radical (unpaired) electrons. The minimum absolute atomic E-state index is 0.0367. The van der Waals surface area contributed by atoms with E-state index in [2.05, 4.69) is 5.32 Å². The van der Waals surface area contributed by atoms with Gasteiger partial charge in [0.2, 0.25) is 11.8 Å². The molecule has 0 spiro atoms. The molecule has 2 amide bonds. The normalized spacial score (nSPS) is 11.8. The molecule has 4 aromatic rings. The summed E-state index contributed by atoms with van der Waals surface area (Å²) in [6.45, 7) is 3.87. The zero-order valence-corrected chi connectivity index (χ0v) is 28.1. The first-order chi connectivity index (χ1) is 22.1. The molecule has 11 heteroatoms. The van der Waals surface area contributed by atoms with Crippen molar-refractivity contribution in [3.05, 3.63) is 124 Å². The number of nitrogens with one attached hydrogen (secondary N) is 1. The number of hydrogen-bond acceptors (Lipinski definition) is 5. The van der Waals surface area contributed by atoms with Gasteiger partial charge in [-0.2, -0.15) is 0 Å². The van der Waals surface area contributed by atoms with E-state index in [0.717, 1.165) is 15.4 Å². The first-order valence-corrected chi connectivity index (χ1v) is 17.2. The third kappa shape index (κ3) is 9.02. The average Bonchev–Trinajstić information content (AvgIpc) is 3.06. The molecule has 0 bridgehead atoms. The molecular formula is C35H37Cl2N3O5S. The van der Waals surface area contributed by atoms with Gasteiger partial charge in [0, 0.05) is 29.6 Å². The number of hydrogen-bond donors (Lipinski definition) is 1. The van der Waals surface area contributed by atoms with E-state index in [9.17, 15) is 18.0 Å². The predicted molar refractivity (Wildman–Crippen MR) is 183 cm³/mol. The van der Waals surface area contributed by atoms with Crippen molar-refractivity contribution in [3.63, 3.8) is 0 Å². The topological polar surface area (TPSA) is 96.0 Å². The largest absolute Gasteiger partial charge is 0.492 e. The number of sulfonamides is 1. The molecule has 0 saturated carbocycles. The maximum absolute atomic E-state index is 14.6. The van der Waals surface area contributed by atoms with E-state index in [1.807, 2.05) is 37.3 Å². The van der Waals surface area contributed by atoms with Crippen molar-refractivity contribution in [2.45, 2.75) is 44.2 Å². The van der Waals surface area contributed by atoms with E-state index >= 15 is 0 Å². The van der Waals surface area contributed by atoms with Crippen LogP contribution < -0.4 is 14.4 Å². The van der Waals surface area contributed by atoms with Crippen LogP contribution in [0, 0.1) is 0 Å². The number of halogens is 2. The van der Waals surface area contributed by atoms with E-state index in [0.29, 0.717) is 28.8 Å². The number of anilines is 1. The molecule has 0 aliphatic rings. The lowest BCUT2D eigenvalue weighted by Crippen LogP contribution is -2.53. The average molecular weight is 683 g/mol. The highest BCUT2D eigenvalue weighted by Crippen LogP contribution is 2.33. The van der Waals surface area contributed by atoms with Gasteiger partial charge in [-0.25, -0.2) is 8.42 Å². The highest BCUT2D eigenvalue weighted by Gasteiger charge is 2.35. The fraction of sp³-hybridized carbons (Fsp3) is 0.257. The highest BCUT2D eigenvalue weighted by atomic mass is 35.5. The van der Waals surface area contributed by atoms with Crippen LogP contribution in [0.15, 0.2) is 108 Å². The molecule has 0 aliphatic carbocycles. The highest BCUT2D eigenvalue weighted by molar-refractivity contribution is 7.92. The molecule has 1 N–H and O–H groups in total. The first-order valence-electron chi connectivity index (χ1n) is 15.0. The number of ether oxygens (including phenoxy) is 1. The number of nitrogens with zero attached hydrogens (tertiary/aromatic N) is 2. The number of carbonyl (C=O) groups is 2. The van der Waals surface area contributed by atoms with Crippen LogP contribution >= 0.6 is 23.2 Å². The molecular weight excluding hydrogens is 645 g/mol. The minimum Gasteiger partial charge on any atom is -0.492 e. The molecule has 0 heterocycles. The standard InChI is InChI=1S/C35H37Cl2N3O5S/c1-3-22-38-35(42)32(23-26-10-6-5-7-11-26)39(24-27-14-16-28(36)17-15-27)34(41)25-40(31-12-8-9-13-33(31)45-4-2)46(43,44)30-20-18-29(37)19-21-30/h5-21,32H,3-4,22-25H2,1-2H3,(H,38,42). The zero-order chi connectivity index (χ0) is 33.1. The SMILES string of the molecule is CCCNC(=O)C(Cc1ccccc1)N(Cc1ccc(Cl)cc1)C(=O)CN(c1ccccc1OCC)S(=O)(=O)c1ccc(Cl)cc1. The third-order valence-corrected chi connectivity index (χ3v) is 9.48. The van der Waals surface area contributed by atoms with Gasteiger partial charge in [0.25, 0.3) is 10.0 Å². The Kier molecular flexibility index (Phi) is 12.5. The molecule has 1 atom stereocenters. The van der Waals surface area contributed by atoms with Gasteiger partial charge in [-0.1, -0.05) is 84.7 Å². The van der Waals surface area contributed by atoms with Gasteiger partial charge in [-0.3, -0.25) is 13.9 Å². The Hall–Kier alpha value is -4.05. The summed E-state index contributed by atoms with van der Waals surface area (Å²) >= 11 is 12.2. The summed E-state index contributed by atoms with van der Waals surface area (Å²) in [7, 11) is -4.31. The van der Waals surface area contributed by atoms with Crippen molar-refractivity contribution in [1.82, 2.24) is 10.2 Å². The van der Waals surface area contributed by atoms with Crippen LogP contribution in [0.5, 0.6) is 5.75 Å². The number of amides is 2. The van der Waals surface area contributed by atoms with Crippen molar-refractivity contribution in [2.75, 3.05) is 24.0 Å². The monoisotopic (exact) mass is 681 g/mol. The lowest BCUT2D eigenvalue weighted by atomic mass is 10.0. The summed E-state index contributed by atoms with van der Waals surface area (Å²) in [5, 5.41) is 3.83. The zero-order valence-electron chi connectivity index (χ0n) is 25.7. The molecule has 46 heavy (non-hydrogen) atoms. The summed E-state index contributed by atoms with van der Waals surface area (Å²) in [6, 6.07) is 27.8. The smallest absolute Gasteiger partial charge is 0.264 e. The second-order valence-electron chi connectivity index (χ2n) is 10.5.